The van der Waals surface area contributed by atoms with Gasteiger partial charge in [-0.3, -0.25) is 9.59 Å². The summed E-state index contributed by atoms with van der Waals surface area (Å²) in [6.07, 6.45) is 4.03. The summed E-state index contributed by atoms with van der Waals surface area (Å²) >= 11 is 1.45. The van der Waals surface area contributed by atoms with Gasteiger partial charge in [-0.1, -0.05) is 19.1 Å². The molecule has 0 saturated carbocycles. The summed E-state index contributed by atoms with van der Waals surface area (Å²) < 4.78 is 11.0. The second kappa shape index (κ2) is 12.1. The second-order valence-corrected chi connectivity index (χ2v) is 10.0. The van der Waals surface area contributed by atoms with Gasteiger partial charge in [0.15, 0.2) is 6.10 Å². The molecule has 0 bridgehead atoms. The van der Waals surface area contributed by atoms with Crippen LogP contribution >= 0.6 is 11.3 Å². The van der Waals surface area contributed by atoms with Crippen molar-refractivity contribution >= 4 is 39.8 Å². The first-order valence-corrected chi connectivity index (χ1v) is 13.5. The molecule has 2 aromatic carbocycles. The first-order valence-electron chi connectivity index (χ1n) is 12.7. The zero-order valence-corrected chi connectivity index (χ0v) is 22.2. The molecule has 4 rings (SSSR count). The topological polar surface area (TPSA) is 93.7 Å². The molecule has 1 heterocycles. The Kier molecular flexibility index (Phi) is 8.61. The van der Waals surface area contributed by atoms with Crippen molar-refractivity contribution in [2.45, 2.75) is 59.0 Å². The molecular weight excluding hydrogens is 488 g/mol. The van der Waals surface area contributed by atoms with E-state index in [1.165, 1.54) is 16.9 Å². The van der Waals surface area contributed by atoms with Crippen molar-refractivity contribution in [1.82, 2.24) is 0 Å². The van der Waals surface area contributed by atoms with E-state index >= 15 is 0 Å². The van der Waals surface area contributed by atoms with E-state index in [1.807, 2.05) is 24.3 Å². The number of anilines is 2. The standard InChI is InChI=1S/C29H32N2O5S/c1-4-19-10-14-21(15-11-19)30-26(32)18(3)36-22-16-12-20(13-17-22)27(33)31-28-25(29(34)35-5-2)23-8-6-7-9-24(23)37-28/h10-18H,4-9H2,1-3H3,(H,30,32)(H,31,33). The van der Waals surface area contributed by atoms with Gasteiger partial charge in [-0.15, -0.1) is 11.3 Å². The van der Waals surface area contributed by atoms with Crippen LogP contribution in [0.3, 0.4) is 0 Å². The molecule has 1 aromatic heterocycles. The molecule has 37 heavy (non-hydrogen) atoms. The van der Waals surface area contributed by atoms with Crippen molar-refractivity contribution in [1.29, 1.82) is 0 Å². The minimum Gasteiger partial charge on any atom is -0.481 e. The van der Waals surface area contributed by atoms with Crippen LogP contribution in [-0.4, -0.2) is 30.5 Å². The Morgan fingerprint density at radius 1 is 0.946 bits per heavy atom. The highest BCUT2D eigenvalue weighted by Gasteiger charge is 2.27. The van der Waals surface area contributed by atoms with Gasteiger partial charge in [-0.05, 0) is 93.5 Å². The van der Waals surface area contributed by atoms with E-state index < -0.39 is 12.1 Å². The Labute approximate surface area is 221 Å². The van der Waals surface area contributed by atoms with Crippen LogP contribution in [0.4, 0.5) is 10.7 Å². The fourth-order valence-corrected chi connectivity index (χ4v) is 5.53. The van der Waals surface area contributed by atoms with E-state index in [-0.39, 0.29) is 18.4 Å². The Bertz CT molecular complexity index is 1260. The molecule has 3 aromatic rings. The van der Waals surface area contributed by atoms with Crippen LogP contribution < -0.4 is 15.4 Å². The van der Waals surface area contributed by atoms with E-state index in [9.17, 15) is 14.4 Å². The second-order valence-electron chi connectivity index (χ2n) is 8.91. The van der Waals surface area contributed by atoms with Gasteiger partial charge >= 0.3 is 5.97 Å². The maximum absolute atomic E-state index is 13.0. The Hall–Kier alpha value is -3.65. The quantitative estimate of drug-likeness (QED) is 0.336. The number of rotatable bonds is 9. The van der Waals surface area contributed by atoms with Crippen molar-refractivity contribution in [2.75, 3.05) is 17.2 Å². The lowest BCUT2D eigenvalue weighted by Gasteiger charge is -2.15. The third-order valence-electron chi connectivity index (χ3n) is 6.31. The highest BCUT2D eigenvalue weighted by atomic mass is 32.1. The minimum absolute atomic E-state index is 0.265. The summed E-state index contributed by atoms with van der Waals surface area (Å²) in [5.74, 6) is -0.509. The number of amides is 2. The van der Waals surface area contributed by atoms with Crippen LogP contribution in [0.5, 0.6) is 5.75 Å². The van der Waals surface area contributed by atoms with Crippen molar-refractivity contribution in [3.8, 4) is 5.75 Å². The number of esters is 1. The SMILES string of the molecule is CCOC(=O)c1c(NC(=O)c2ccc(OC(C)C(=O)Nc3ccc(CC)cc3)cc2)sc2c1CCCC2. The van der Waals surface area contributed by atoms with Gasteiger partial charge in [-0.2, -0.15) is 0 Å². The molecule has 0 spiro atoms. The van der Waals surface area contributed by atoms with Crippen LogP contribution in [0.1, 0.15) is 70.3 Å². The monoisotopic (exact) mass is 520 g/mol. The van der Waals surface area contributed by atoms with Gasteiger partial charge in [-0.25, -0.2) is 4.79 Å². The van der Waals surface area contributed by atoms with E-state index in [0.717, 1.165) is 42.5 Å². The summed E-state index contributed by atoms with van der Waals surface area (Å²) in [6.45, 7) is 5.80. The highest BCUT2D eigenvalue weighted by Crippen LogP contribution is 2.38. The predicted octanol–water partition coefficient (Wildman–Crippen LogP) is 6.02. The van der Waals surface area contributed by atoms with E-state index in [2.05, 4.69) is 17.6 Å². The van der Waals surface area contributed by atoms with Crippen LogP contribution in [0.25, 0.3) is 0 Å². The third kappa shape index (κ3) is 6.38. The van der Waals surface area contributed by atoms with Crippen molar-refractivity contribution in [3.63, 3.8) is 0 Å². The van der Waals surface area contributed by atoms with Gasteiger partial charge < -0.3 is 20.1 Å². The number of nitrogens with one attached hydrogen (secondary N) is 2. The first kappa shape index (κ1) is 26.4. The Morgan fingerprint density at radius 2 is 1.65 bits per heavy atom. The van der Waals surface area contributed by atoms with Crippen molar-refractivity contribution < 1.29 is 23.9 Å². The highest BCUT2D eigenvalue weighted by molar-refractivity contribution is 7.17. The molecule has 2 amide bonds. The third-order valence-corrected chi connectivity index (χ3v) is 7.51. The number of carbonyl (C=O) groups excluding carboxylic acids is 3. The summed E-state index contributed by atoms with van der Waals surface area (Å²) in [6, 6.07) is 14.3. The Morgan fingerprint density at radius 3 is 2.32 bits per heavy atom. The lowest BCUT2D eigenvalue weighted by atomic mass is 9.95. The summed E-state index contributed by atoms with van der Waals surface area (Å²) in [4.78, 5) is 39.3. The summed E-state index contributed by atoms with van der Waals surface area (Å²) in [7, 11) is 0. The van der Waals surface area contributed by atoms with Gasteiger partial charge in [0.1, 0.15) is 10.8 Å². The molecule has 0 fully saturated rings. The van der Waals surface area contributed by atoms with Crippen molar-refractivity contribution in [2.24, 2.45) is 0 Å². The molecule has 1 aliphatic rings. The minimum atomic E-state index is -0.727. The maximum atomic E-state index is 13.0. The normalized spacial score (nSPS) is 13.3. The van der Waals surface area contributed by atoms with Crippen LogP contribution in [-0.2, 0) is 28.8 Å². The van der Waals surface area contributed by atoms with Crippen LogP contribution in [0.15, 0.2) is 48.5 Å². The lowest BCUT2D eigenvalue weighted by Crippen LogP contribution is -2.30. The zero-order valence-electron chi connectivity index (χ0n) is 21.4. The summed E-state index contributed by atoms with van der Waals surface area (Å²) in [5, 5.41) is 6.30. The Balaban J connectivity index is 1.39. The van der Waals surface area contributed by atoms with Gasteiger partial charge in [0.25, 0.3) is 11.8 Å². The zero-order chi connectivity index (χ0) is 26.4. The molecule has 0 radical (unpaired) electrons. The number of hydrogen-bond acceptors (Lipinski definition) is 6. The van der Waals surface area contributed by atoms with Gasteiger partial charge in [0, 0.05) is 16.1 Å². The molecule has 0 saturated heterocycles. The molecule has 2 N–H and O–H groups in total. The number of ether oxygens (including phenoxy) is 2. The fourth-order valence-electron chi connectivity index (χ4n) is 4.26. The molecule has 1 atom stereocenters. The van der Waals surface area contributed by atoms with E-state index in [1.54, 1.807) is 38.1 Å². The van der Waals surface area contributed by atoms with Gasteiger partial charge in [0.2, 0.25) is 0 Å². The average molecular weight is 521 g/mol. The molecule has 1 unspecified atom stereocenters. The van der Waals surface area contributed by atoms with Crippen LogP contribution in [0.2, 0.25) is 0 Å². The average Bonchev–Trinajstić information content (AvgIpc) is 3.27. The van der Waals surface area contributed by atoms with Crippen molar-refractivity contribution in [3.05, 3.63) is 75.7 Å². The number of aryl methyl sites for hydroxylation is 2. The predicted molar refractivity (Wildman–Crippen MR) is 146 cm³/mol. The maximum Gasteiger partial charge on any atom is 0.341 e. The fraction of sp³-hybridized carbons (Fsp3) is 0.345. The van der Waals surface area contributed by atoms with Gasteiger partial charge in [0.05, 0.1) is 12.2 Å². The number of fused-ring (bicyclic) bond motifs is 1. The largest absolute Gasteiger partial charge is 0.481 e. The van der Waals surface area contributed by atoms with E-state index in [4.69, 9.17) is 9.47 Å². The summed E-state index contributed by atoms with van der Waals surface area (Å²) in [5.41, 5.74) is 3.81. The molecule has 0 aliphatic heterocycles. The number of benzene rings is 2. The molecule has 1 aliphatic carbocycles. The number of hydrogen-bond donors (Lipinski definition) is 2. The van der Waals surface area contributed by atoms with E-state index in [0.29, 0.717) is 27.6 Å². The number of thiophene rings is 1. The smallest absolute Gasteiger partial charge is 0.341 e. The molecule has 194 valence electrons. The molecule has 8 heteroatoms. The molecular formula is C29H32N2O5S. The van der Waals surface area contributed by atoms with Crippen LogP contribution in [0, 0.1) is 0 Å². The molecule has 7 nitrogen and oxygen atoms in total. The first-order chi connectivity index (χ1) is 17.9. The number of carbonyl (C=O) groups is 3. The lowest BCUT2D eigenvalue weighted by molar-refractivity contribution is -0.122.